The minimum atomic E-state index is -3.12. The Hall–Kier alpha value is -2.26. The van der Waals surface area contributed by atoms with Gasteiger partial charge in [-0.1, -0.05) is 30.3 Å². The highest BCUT2D eigenvalue weighted by atomic mass is 32.2. The molecule has 162 valence electrons. The molecule has 3 aliphatic rings. The van der Waals surface area contributed by atoms with E-state index in [9.17, 15) is 18.0 Å². The molecule has 0 spiro atoms. The van der Waals surface area contributed by atoms with Crippen LogP contribution >= 0.6 is 0 Å². The lowest BCUT2D eigenvalue weighted by atomic mass is 10.0. The highest BCUT2D eigenvalue weighted by Crippen LogP contribution is 2.22. The molecule has 0 radical (unpaired) electrons. The minimum absolute atomic E-state index is 0.0695. The molecule has 1 aromatic carbocycles. The van der Waals surface area contributed by atoms with Gasteiger partial charge in [-0.15, -0.1) is 0 Å². The number of carbonyl (C=O) groups is 2. The molecule has 1 N–H and O–H groups in total. The van der Waals surface area contributed by atoms with Gasteiger partial charge in [0.05, 0.1) is 17.5 Å². The van der Waals surface area contributed by atoms with Gasteiger partial charge in [0.2, 0.25) is 5.91 Å². The van der Waals surface area contributed by atoms with Crippen molar-refractivity contribution in [2.24, 2.45) is 5.10 Å². The molecule has 1 atom stereocenters. The summed E-state index contributed by atoms with van der Waals surface area (Å²) in [6, 6.07) is 9.98. The first-order chi connectivity index (χ1) is 14.4. The molecule has 2 amide bonds. The van der Waals surface area contributed by atoms with Gasteiger partial charge < -0.3 is 5.32 Å². The van der Waals surface area contributed by atoms with E-state index in [0.29, 0.717) is 18.6 Å². The number of hydrogen-bond acceptors (Lipinski definition) is 6. The minimum Gasteiger partial charge on any atom is -0.348 e. The Kier molecular flexibility index (Phi) is 6.19. The molecule has 2 fully saturated rings. The Balaban J connectivity index is 1.30. The van der Waals surface area contributed by atoms with Gasteiger partial charge in [0.15, 0.2) is 9.84 Å². The van der Waals surface area contributed by atoms with Gasteiger partial charge >= 0.3 is 0 Å². The van der Waals surface area contributed by atoms with E-state index in [0.717, 1.165) is 32.5 Å². The fraction of sp³-hybridized carbons (Fsp3) is 0.571. The zero-order valence-electron chi connectivity index (χ0n) is 17.0. The summed E-state index contributed by atoms with van der Waals surface area (Å²) in [5.74, 6) is -0.449. The van der Waals surface area contributed by atoms with Crippen molar-refractivity contribution >= 4 is 27.4 Å². The Labute approximate surface area is 177 Å². The summed E-state index contributed by atoms with van der Waals surface area (Å²) >= 11 is 0. The number of rotatable bonds is 5. The first-order valence-corrected chi connectivity index (χ1v) is 12.4. The second-order valence-electron chi connectivity index (χ2n) is 8.35. The van der Waals surface area contributed by atoms with Gasteiger partial charge in [-0.25, -0.2) is 13.4 Å². The summed E-state index contributed by atoms with van der Waals surface area (Å²) < 4.78 is 23.5. The predicted octanol–water partition coefficient (Wildman–Crippen LogP) is 0.933. The van der Waals surface area contributed by atoms with Gasteiger partial charge in [-0.3, -0.25) is 14.5 Å². The molecule has 30 heavy (non-hydrogen) atoms. The average molecular weight is 433 g/mol. The molecule has 1 aromatic rings. The quantitative estimate of drug-likeness (QED) is 0.746. The lowest BCUT2D eigenvalue weighted by molar-refractivity contribution is -0.133. The number of sulfone groups is 1. The van der Waals surface area contributed by atoms with E-state index in [1.54, 1.807) is 0 Å². The Morgan fingerprint density at radius 3 is 2.50 bits per heavy atom. The van der Waals surface area contributed by atoms with Crippen molar-refractivity contribution in [1.29, 1.82) is 0 Å². The molecule has 4 rings (SSSR count). The standard InChI is InChI=1S/C21H28N4O4S/c26-20-7-6-19(23-25(20)18-10-13-30(28,29)15-18)21(27)22-17-8-11-24(12-9-17)14-16-4-2-1-3-5-16/h1-5,17-18H,6-15H2,(H,22,27). The second-order valence-corrected chi connectivity index (χ2v) is 10.6. The zero-order chi connectivity index (χ0) is 21.1. The summed E-state index contributed by atoms with van der Waals surface area (Å²) in [6.07, 6.45) is 2.61. The Morgan fingerprint density at radius 1 is 1.10 bits per heavy atom. The van der Waals surface area contributed by atoms with Crippen molar-refractivity contribution in [3.05, 3.63) is 35.9 Å². The number of benzene rings is 1. The van der Waals surface area contributed by atoms with E-state index in [1.807, 2.05) is 18.2 Å². The Morgan fingerprint density at radius 2 is 1.83 bits per heavy atom. The van der Waals surface area contributed by atoms with E-state index in [1.165, 1.54) is 10.6 Å². The third-order valence-corrected chi connectivity index (χ3v) is 7.80. The van der Waals surface area contributed by atoms with Crippen LogP contribution in [0.15, 0.2) is 35.4 Å². The van der Waals surface area contributed by atoms with Gasteiger partial charge in [0, 0.05) is 38.5 Å². The molecule has 3 aliphatic heterocycles. The maximum Gasteiger partial charge on any atom is 0.267 e. The first-order valence-electron chi connectivity index (χ1n) is 10.6. The number of nitrogens with zero attached hydrogens (tertiary/aromatic N) is 3. The number of hydrazone groups is 1. The van der Waals surface area contributed by atoms with Crippen LogP contribution in [0.2, 0.25) is 0 Å². The van der Waals surface area contributed by atoms with Gasteiger partial charge in [0.25, 0.3) is 5.91 Å². The largest absolute Gasteiger partial charge is 0.348 e. The van der Waals surface area contributed by atoms with Crippen LogP contribution in [0.3, 0.4) is 0 Å². The van der Waals surface area contributed by atoms with Gasteiger partial charge in [-0.05, 0) is 24.8 Å². The van der Waals surface area contributed by atoms with Crippen molar-refractivity contribution in [3.63, 3.8) is 0 Å². The number of carbonyl (C=O) groups excluding carboxylic acids is 2. The highest BCUT2D eigenvalue weighted by molar-refractivity contribution is 7.91. The summed E-state index contributed by atoms with van der Waals surface area (Å²) in [4.78, 5) is 27.3. The third-order valence-electron chi connectivity index (χ3n) is 6.05. The summed E-state index contributed by atoms with van der Waals surface area (Å²) in [5.41, 5.74) is 1.61. The number of hydrogen-bond donors (Lipinski definition) is 1. The molecule has 1 unspecified atom stereocenters. The smallest absolute Gasteiger partial charge is 0.267 e. The molecule has 2 saturated heterocycles. The van der Waals surface area contributed by atoms with Crippen molar-refractivity contribution < 1.29 is 18.0 Å². The summed E-state index contributed by atoms with van der Waals surface area (Å²) in [6.45, 7) is 2.74. The number of nitrogens with one attached hydrogen (secondary N) is 1. The Bertz CT molecular complexity index is 924. The van der Waals surface area contributed by atoms with Crippen molar-refractivity contribution in [3.8, 4) is 0 Å². The SMILES string of the molecule is O=C(NC1CCN(Cc2ccccc2)CC1)C1=NN(C2CCS(=O)(=O)C2)C(=O)CC1. The van der Waals surface area contributed by atoms with Gasteiger partial charge in [0.1, 0.15) is 5.71 Å². The fourth-order valence-corrected chi connectivity index (χ4v) is 6.03. The van der Waals surface area contributed by atoms with Gasteiger partial charge in [-0.2, -0.15) is 5.10 Å². The van der Waals surface area contributed by atoms with Crippen molar-refractivity contribution in [1.82, 2.24) is 15.2 Å². The molecule has 9 heteroatoms. The molecule has 0 saturated carbocycles. The van der Waals surface area contributed by atoms with E-state index in [2.05, 4.69) is 27.5 Å². The van der Waals surface area contributed by atoms with Crippen molar-refractivity contribution in [2.75, 3.05) is 24.6 Å². The molecular formula is C21H28N4O4S. The summed E-state index contributed by atoms with van der Waals surface area (Å²) in [7, 11) is -3.12. The van der Waals surface area contributed by atoms with E-state index in [4.69, 9.17) is 0 Å². The van der Waals surface area contributed by atoms with E-state index >= 15 is 0 Å². The zero-order valence-corrected chi connectivity index (χ0v) is 17.8. The summed E-state index contributed by atoms with van der Waals surface area (Å²) in [5, 5.41) is 8.56. The highest BCUT2D eigenvalue weighted by Gasteiger charge is 2.37. The van der Waals surface area contributed by atoms with Crippen LogP contribution < -0.4 is 5.32 Å². The van der Waals surface area contributed by atoms with E-state index in [-0.39, 0.29) is 35.8 Å². The molecular weight excluding hydrogens is 404 g/mol. The molecule has 0 aromatic heterocycles. The normalized spacial score (nSPS) is 25.2. The number of likely N-dealkylation sites (tertiary alicyclic amines) is 1. The fourth-order valence-electron chi connectivity index (χ4n) is 4.33. The lowest BCUT2D eigenvalue weighted by Crippen LogP contribution is -2.48. The number of amides is 2. The predicted molar refractivity (Wildman–Crippen MR) is 113 cm³/mol. The van der Waals surface area contributed by atoms with Crippen LogP contribution in [0.25, 0.3) is 0 Å². The van der Waals surface area contributed by atoms with Crippen LogP contribution in [-0.4, -0.2) is 72.5 Å². The maximum atomic E-state index is 12.7. The second kappa shape index (κ2) is 8.85. The molecule has 3 heterocycles. The van der Waals surface area contributed by atoms with Crippen molar-refractivity contribution in [2.45, 2.75) is 50.7 Å². The van der Waals surface area contributed by atoms with Crippen LogP contribution in [-0.2, 0) is 26.0 Å². The topological polar surface area (TPSA) is 99.2 Å². The van der Waals surface area contributed by atoms with E-state index < -0.39 is 15.9 Å². The number of piperidine rings is 1. The molecule has 0 bridgehead atoms. The maximum absolute atomic E-state index is 12.7. The van der Waals surface area contributed by atoms with Crippen LogP contribution in [0.4, 0.5) is 0 Å². The first kappa shape index (κ1) is 21.0. The molecule has 8 nitrogen and oxygen atoms in total. The van der Waals surface area contributed by atoms with Crippen LogP contribution in [0.1, 0.15) is 37.7 Å². The lowest BCUT2D eigenvalue weighted by Gasteiger charge is -2.33. The van der Waals surface area contributed by atoms with Crippen LogP contribution in [0.5, 0.6) is 0 Å². The van der Waals surface area contributed by atoms with Crippen LogP contribution in [0, 0.1) is 0 Å². The monoisotopic (exact) mass is 432 g/mol. The average Bonchev–Trinajstić information content (AvgIpc) is 3.10. The molecule has 0 aliphatic carbocycles. The third kappa shape index (κ3) is 5.07.